The first kappa shape index (κ1) is 40.7. The highest BCUT2D eigenvalue weighted by molar-refractivity contribution is 5.88. The Kier molecular flexibility index (Phi) is 8.86. The van der Waals surface area contributed by atoms with Gasteiger partial charge in [0.05, 0.1) is 11.1 Å². The Bertz CT molecular complexity index is 2600. The molecule has 2 aliphatic heterocycles. The van der Waals surface area contributed by atoms with E-state index < -0.39 is 0 Å². The molecule has 0 N–H and O–H groups in total. The van der Waals surface area contributed by atoms with Gasteiger partial charge in [-0.05, 0) is 184 Å². The van der Waals surface area contributed by atoms with E-state index in [4.69, 9.17) is 0 Å². The van der Waals surface area contributed by atoms with Crippen LogP contribution in [-0.4, -0.2) is 11.1 Å². The van der Waals surface area contributed by atoms with Gasteiger partial charge in [-0.25, -0.2) is 0 Å². The molecule has 0 bridgehead atoms. The predicted octanol–water partition coefficient (Wildman–Crippen LogP) is 16.7. The Morgan fingerprint density at radius 3 is 1.13 bits per heavy atom. The lowest BCUT2D eigenvalue weighted by Crippen LogP contribution is -2.54. The van der Waals surface area contributed by atoms with Crippen molar-refractivity contribution in [2.45, 2.75) is 160 Å². The second-order valence-corrected chi connectivity index (χ2v) is 23.3. The molecule has 0 radical (unpaired) electrons. The zero-order chi connectivity index (χ0) is 43.9. The average molecular weight is 829 g/mol. The number of fused-ring (bicyclic) bond motifs is 9. The largest absolute Gasteiger partial charge is 0.334 e. The molecule has 6 aromatic rings. The topological polar surface area (TPSA) is 6.48 Å². The van der Waals surface area contributed by atoms with Crippen LogP contribution in [0.15, 0.2) is 121 Å². The fourth-order valence-electron chi connectivity index (χ4n) is 13.4. The van der Waals surface area contributed by atoms with E-state index in [0.29, 0.717) is 0 Å². The Balaban J connectivity index is 0.949. The molecule has 322 valence electrons. The van der Waals surface area contributed by atoms with Crippen molar-refractivity contribution in [3.8, 4) is 33.4 Å². The van der Waals surface area contributed by atoms with Gasteiger partial charge in [-0.2, -0.15) is 0 Å². The number of nitrogens with zero attached hydrogens (tertiary/aromatic N) is 2. The van der Waals surface area contributed by atoms with Gasteiger partial charge in [0.2, 0.25) is 0 Å². The first-order valence-corrected chi connectivity index (χ1v) is 24.3. The molecule has 2 nitrogen and oxygen atoms in total. The maximum atomic E-state index is 2.72. The maximum Gasteiger partial charge on any atom is 0.0517 e. The molecule has 0 amide bonds. The summed E-state index contributed by atoms with van der Waals surface area (Å²) in [6.45, 7) is 24.1. The quantitative estimate of drug-likeness (QED) is 0.174. The molecule has 4 unspecified atom stereocenters. The summed E-state index contributed by atoms with van der Waals surface area (Å²) in [7, 11) is 0. The summed E-state index contributed by atoms with van der Waals surface area (Å²) in [5.74, 6) is 0. The molecule has 2 fully saturated rings. The van der Waals surface area contributed by atoms with Gasteiger partial charge in [-0.1, -0.05) is 142 Å². The summed E-state index contributed by atoms with van der Waals surface area (Å²) in [6, 6.07) is 48.4. The first-order chi connectivity index (χ1) is 29.9. The fraction of sp³-hybridized carbons (Fsp3) is 0.410. The molecule has 2 heteroatoms. The van der Waals surface area contributed by atoms with E-state index >= 15 is 0 Å². The molecular weight excluding hydrogens is 761 g/mol. The van der Waals surface area contributed by atoms with Gasteiger partial charge in [-0.3, -0.25) is 0 Å². The van der Waals surface area contributed by atoms with Crippen LogP contribution in [0.25, 0.3) is 33.4 Å². The van der Waals surface area contributed by atoms with E-state index in [1.54, 1.807) is 0 Å². The summed E-state index contributed by atoms with van der Waals surface area (Å²) in [5, 5.41) is 0. The van der Waals surface area contributed by atoms with Crippen molar-refractivity contribution < 1.29 is 0 Å². The molecule has 3 aliphatic carbocycles. The lowest BCUT2D eigenvalue weighted by molar-refractivity contribution is 0.195. The van der Waals surface area contributed by atoms with Crippen LogP contribution in [0, 0.1) is 0 Å². The smallest absolute Gasteiger partial charge is 0.0517 e. The van der Waals surface area contributed by atoms with Crippen molar-refractivity contribution >= 4 is 22.7 Å². The second kappa shape index (κ2) is 13.7. The molecule has 0 aromatic heterocycles. The van der Waals surface area contributed by atoms with E-state index in [1.165, 1.54) is 141 Å². The fourth-order valence-corrected chi connectivity index (χ4v) is 13.4. The summed E-state index contributed by atoms with van der Waals surface area (Å²) in [4.78, 5) is 5.43. The molecule has 2 saturated carbocycles. The van der Waals surface area contributed by atoms with E-state index in [2.05, 4.69) is 200 Å². The molecule has 0 spiro atoms. The van der Waals surface area contributed by atoms with Crippen LogP contribution in [0.1, 0.15) is 154 Å². The van der Waals surface area contributed by atoms with Crippen LogP contribution in [-0.2, 0) is 28.1 Å². The Morgan fingerprint density at radius 2 is 0.746 bits per heavy atom. The molecule has 4 atom stereocenters. The third kappa shape index (κ3) is 5.88. The molecular formula is C61H68N2. The molecule has 63 heavy (non-hydrogen) atoms. The number of anilines is 4. The van der Waals surface area contributed by atoms with Crippen LogP contribution >= 0.6 is 0 Å². The minimum atomic E-state index is 0.0311. The van der Waals surface area contributed by atoms with Gasteiger partial charge in [0, 0.05) is 33.6 Å². The van der Waals surface area contributed by atoms with Crippen molar-refractivity contribution in [1.82, 2.24) is 0 Å². The van der Waals surface area contributed by atoms with Crippen molar-refractivity contribution in [2.75, 3.05) is 9.80 Å². The number of rotatable bonds is 4. The maximum absolute atomic E-state index is 2.72. The molecule has 5 aliphatic rings. The minimum Gasteiger partial charge on any atom is -0.334 e. The van der Waals surface area contributed by atoms with Gasteiger partial charge >= 0.3 is 0 Å². The van der Waals surface area contributed by atoms with E-state index in [1.807, 2.05) is 0 Å². The van der Waals surface area contributed by atoms with Crippen molar-refractivity contribution in [1.29, 1.82) is 0 Å². The van der Waals surface area contributed by atoms with Gasteiger partial charge in [0.1, 0.15) is 0 Å². The summed E-state index contributed by atoms with van der Waals surface area (Å²) in [5.41, 5.74) is 22.7. The van der Waals surface area contributed by atoms with E-state index in [-0.39, 0.29) is 32.7 Å². The van der Waals surface area contributed by atoms with Gasteiger partial charge in [-0.15, -0.1) is 0 Å². The van der Waals surface area contributed by atoms with Gasteiger partial charge in [0.15, 0.2) is 0 Å². The van der Waals surface area contributed by atoms with Crippen LogP contribution < -0.4 is 9.80 Å². The van der Waals surface area contributed by atoms with Crippen LogP contribution in [0.2, 0.25) is 0 Å². The predicted molar refractivity (Wildman–Crippen MR) is 269 cm³/mol. The highest BCUT2D eigenvalue weighted by Gasteiger charge is 2.59. The van der Waals surface area contributed by atoms with Gasteiger partial charge in [0.25, 0.3) is 0 Å². The van der Waals surface area contributed by atoms with Crippen molar-refractivity contribution in [2.24, 2.45) is 0 Å². The van der Waals surface area contributed by atoms with Gasteiger partial charge < -0.3 is 9.80 Å². The SMILES string of the molecule is CC(C)(C)c1ccc(N2c3ccc(-c4ccc5c(c4)-c4cc(-c6ccc7c(c6)C6(C)CCCCC6(C)N7c6ccc(C(C)(C)C)cc6)ccc4C5)cc3C3(C)CCCCC23C)cc1. The second-order valence-electron chi connectivity index (χ2n) is 23.3. The lowest BCUT2D eigenvalue weighted by Gasteiger charge is -2.50. The van der Waals surface area contributed by atoms with E-state index in [0.717, 1.165) is 6.42 Å². The summed E-state index contributed by atoms with van der Waals surface area (Å²) in [6.07, 6.45) is 11.0. The lowest BCUT2D eigenvalue weighted by atomic mass is 9.61. The van der Waals surface area contributed by atoms with Crippen LogP contribution in [0.4, 0.5) is 22.7 Å². The Hall–Kier alpha value is -5.08. The molecule has 6 aromatic carbocycles. The highest BCUT2D eigenvalue weighted by atomic mass is 15.3. The number of benzene rings is 6. The Labute approximate surface area is 378 Å². The molecule has 2 heterocycles. The molecule has 11 rings (SSSR count). The highest BCUT2D eigenvalue weighted by Crippen LogP contribution is 2.63. The third-order valence-electron chi connectivity index (χ3n) is 17.7. The van der Waals surface area contributed by atoms with E-state index in [9.17, 15) is 0 Å². The number of hydrogen-bond donors (Lipinski definition) is 0. The zero-order valence-electron chi connectivity index (χ0n) is 39.8. The minimum absolute atomic E-state index is 0.0311. The summed E-state index contributed by atoms with van der Waals surface area (Å²) < 4.78 is 0. The first-order valence-electron chi connectivity index (χ1n) is 24.3. The van der Waals surface area contributed by atoms with Crippen LogP contribution in [0.5, 0.6) is 0 Å². The third-order valence-corrected chi connectivity index (χ3v) is 17.7. The monoisotopic (exact) mass is 829 g/mol. The summed E-state index contributed by atoms with van der Waals surface area (Å²) >= 11 is 0. The average Bonchev–Trinajstić information content (AvgIpc) is 3.80. The Morgan fingerprint density at radius 1 is 0.397 bits per heavy atom. The van der Waals surface area contributed by atoms with Crippen molar-refractivity contribution in [3.05, 3.63) is 155 Å². The van der Waals surface area contributed by atoms with Crippen molar-refractivity contribution in [3.63, 3.8) is 0 Å². The zero-order valence-corrected chi connectivity index (χ0v) is 39.8. The standard InChI is InChI=1S/C61H68N2/c1-56(2,3)46-21-25-48(26-22-46)62-54-29-19-42(38-52(54)58(7)31-11-13-33-60(58,62)9)40-15-17-44-35-45-18-16-41(37-51(45)50(44)36-40)43-20-30-55-53(39-43)59(8)32-12-14-34-61(59,10)63(55)49-27-23-47(24-28-49)57(4,5)6/h15-30,36-39H,11-14,31-35H2,1-10H3. The normalized spacial score (nSPS) is 25.9. The molecule has 0 saturated heterocycles. The number of hydrogen-bond acceptors (Lipinski definition) is 2. The van der Waals surface area contributed by atoms with Crippen LogP contribution in [0.3, 0.4) is 0 Å².